The van der Waals surface area contributed by atoms with Gasteiger partial charge >= 0.3 is 16.2 Å². The molecular formula is C14H15N3O4S2. The van der Waals surface area contributed by atoms with Crippen LogP contribution in [0, 0.1) is 0 Å². The number of thiazole rings is 1. The third kappa shape index (κ3) is 3.21. The van der Waals surface area contributed by atoms with Gasteiger partial charge in [0.2, 0.25) is 0 Å². The van der Waals surface area contributed by atoms with Crippen LogP contribution in [0.5, 0.6) is 0 Å². The molecule has 2 heterocycles. The Hall–Kier alpha value is -1.97. The number of aromatic carboxylic acids is 1. The second-order valence-electron chi connectivity index (χ2n) is 5.09. The standard InChI is InChI=1S/C14H15N3O4S2/c1-2-13-15-11-7-17(8-12(11)22-13)23(20,21)16-10-5-3-9(4-6-10)14(18)19/h3-6,16H,2,7-8H2,1H3,(H,18,19). The number of nitrogens with one attached hydrogen (secondary N) is 1. The van der Waals surface area contributed by atoms with Crippen molar-refractivity contribution in [2.45, 2.75) is 26.4 Å². The van der Waals surface area contributed by atoms with Crippen LogP contribution in [0.3, 0.4) is 0 Å². The Morgan fingerprint density at radius 1 is 1.35 bits per heavy atom. The summed E-state index contributed by atoms with van der Waals surface area (Å²) in [6.45, 7) is 2.59. The molecule has 2 N–H and O–H groups in total. The minimum absolute atomic E-state index is 0.104. The predicted molar refractivity (Wildman–Crippen MR) is 86.7 cm³/mol. The van der Waals surface area contributed by atoms with Gasteiger partial charge < -0.3 is 5.11 Å². The molecule has 23 heavy (non-hydrogen) atoms. The van der Waals surface area contributed by atoms with Crippen LogP contribution >= 0.6 is 11.3 Å². The first kappa shape index (κ1) is 15.9. The Balaban J connectivity index is 1.72. The molecule has 0 saturated carbocycles. The maximum absolute atomic E-state index is 12.4. The van der Waals surface area contributed by atoms with E-state index in [1.54, 1.807) is 11.3 Å². The molecule has 1 aliphatic heterocycles. The third-order valence-corrected chi connectivity index (χ3v) is 6.15. The molecule has 2 aromatic rings. The molecule has 3 rings (SSSR count). The van der Waals surface area contributed by atoms with Gasteiger partial charge in [-0.15, -0.1) is 11.3 Å². The highest BCUT2D eigenvalue weighted by atomic mass is 32.2. The highest BCUT2D eigenvalue weighted by Gasteiger charge is 2.32. The second kappa shape index (κ2) is 5.91. The van der Waals surface area contributed by atoms with Gasteiger partial charge in [-0.1, -0.05) is 6.92 Å². The topological polar surface area (TPSA) is 99.6 Å². The van der Waals surface area contributed by atoms with Gasteiger partial charge in [-0.25, -0.2) is 9.78 Å². The molecule has 0 spiro atoms. The van der Waals surface area contributed by atoms with E-state index in [1.807, 2.05) is 6.92 Å². The van der Waals surface area contributed by atoms with Gasteiger partial charge in [0.15, 0.2) is 0 Å². The molecule has 9 heteroatoms. The van der Waals surface area contributed by atoms with E-state index in [1.165, 1.54) is 28.6 Å². The fourth-order valence-corrected chi connectivity index (χ4v) is 4.55. The van der Waals surface area contributed by atoms with E-state index < -0.39 is 16.2 Å². The molecule has 1 aliphatic rings. The Kier molecular flexibility index (Phi) is 4.09. The largest absolute Gasteiger partial charge is 0.478 e. The number of hydrogen-bond acceptors (Lipinski definition) is 5. The van der Waals surface area contributed by atoms with E-state index in [0.717, 1.165) is 22.0 Å². The highest BCUT2D eigenvalue weighted by Crippen LogP contribution is 2.30. The fraction of sp³-hybridized carbons (Fsp3) is 0.286. The summed E-state index contributed by atoms with van der Waals surface area (Å²) in [6, 6.07) is 5.58. The minimum atomic E-state index is -3.70. The van der Waals surface area contributed by atoms with Crippen molar-refractivity contribution in [1.29, 1.82) is 0 Å². The first-order chi connectivity index (χ1) is 10.9. The van der Waals surface area contributed by atoms with Crippen LogP contribution < -0.4 is 4.72 Å². The van der Waals surface area contributed by atoms with Gasteiger partial charge in [-0.2, -0.15) is 12.7 Å². The number of aromatic nitrogens is 1. The number of carboxylic acid groups (broad SMARTS) is 1. The summed E-state index contributed by atoms with van der Waals surface area (Å²) in [4.78, 5) is 16.2. The van der Waals surface area contributed by atoms with Crippen molar-refractivity contribution in [3.05, 3.63) is 45.4 Å². The van der Waals surface area contributed by atoms with Crippen molar-refractivity contribution in [1.82, 2.24) is 9.29 Å². The molecule has 0 radical (unpaired) electrons. The lowest BCUT2D eigenvalue weighted by atomic mass is 10.2. The van der Waals surface area contributed by atoms with Crippen LogP contribution in [0.4, 0.5) is 5.69 Å². The minimum Gasteiger partial charge on any atom is -0.478 e. The van der Waals surface area contributed by atoms with Crippen molar-refractivity contribution in [3.63, 3.8) is 0 Å². The molecule has 0 saturated heterocycles. The SMILES string of the molecule is CCc1nc2c(s1)CN(S(=O)(=O)Nc1ccc(C(=O)O)cc1)C2. The van der Waals surface area contributed by atoms with E-state index in [9.17, 15) is 13.2 Å². The van der Waals surface area contributed by atoms with E-state index >= 15 is 0 Å². The zero-order chi connectivity index (χ0) is 16.6. The summed E-state index contributed by atoms with van der Waals surface area (Å²) in [5.74, 6) is -1.05. The molecule has 1 aromatic carbocycles. The molecular weight excluding hydrogens is 338 g/mol. The van der Waals surface area contributed by atoms with Crippen LogP contribution in [0.1, 0.15) is 32.9 Å². The number of aryl methyl sites for hydroxylation is 1. The number of hydrogen-bond donors (Lipinski definition) is 2. The number of benzene rings is 1. The van der Waals surface area contributed by atoms with Crippen LogP contribution in [0.15, 0.2) is 24.3 Å². The molecule has 122 valence electrons. The van der Waals surface area contributed by atoms with Gasteiger partial charge in [0.05, 0.1) is 29.4 Å². The van der Waals surface area contributed by atoms with Crippen molar-refractivity contribution in [3.8, 4) is 0 Å². The maximum atomic E-state index is 12.4. The lowest BCUT2D eigenvalue weighted by Crippen LogP contribution is -2.31. The summed E-state index contributed by atoms with van der Waals surface area (Å²) in [5, 5.41) is 9.87. The molecule has 0 unspecified atom stereocenters. The van der Waals surface area contributed by atoms with E-state index in [-0.39, 0.29) is 12.1 Å². The van der Waals surface area contributed by atoms with Crippen molar-refractivity contribution in [2.24, 2.45) is 0 Å². The predicted octanol–water partition coefficient (Wildman–Crippen LogP) is 2.08. The maximum Gasteiger partial charge on any atom is 0.335 e. The normalized spacial score (nSPS) is 14.7. The number of anilines is 1. The number of rotatable bonds is 5. The highest BCUT2D eigenvalue weighted by molar-refractivity contribution is 7.90. The summed E-state index contributed by atoms with van der Waals surface area (Å²) < 4.78 is 28.6. The van der Waals surface area contributed by atoms with Crippen LogP contribution in [-0.4, -0.2) is 28.8 Å². The summed E-state index contributed by atoms with van der Waals surface area (Å²) in [7, 11) is -3.70. The van der Waals surface area contributed by atoms with Crippen LogP contribution in [-0.2, 0) is 29.7 Å². The molecule has 0 fully saturated rings. The number of carbonyl (C=O) groups is 1. The van der Waals surface area contributed by atoms with Crippen molar-refractivity contribution in [2.75, 3.05) is 4.72 Å². The lowest BCUT2D eigenvalue weighted by Gasteiger charge is -2.17. The number of carboxylic acids is 1. The fourth-order valence-electron chi connectivity index (χ4n) is 2.28. The Labute approximate surface area is 137 Å². The second-order valence-corrected chi connectivity index (χ2v) is 7.93. The van der Waals surface area contributed by atoms with Crippen molar-refractivity contribution < 1.29 is 18.3 Å². The zero-order valence-corrected chi connectivity index (χ0v) is 13.9. The Morgan fingerprint density at radius 2 is 2.04 bits per heavy atom. The smallest absolute Gasteiger partial charge is 0.335 e. The Bertz CT molecular complexity index is 820. The molecule has 0 bridgehead atoms. The summed E-state index contributed by atoms with van der Waals surface area (Å²) in [5.41, 5.74) is 1.25. The molecule has 1 aromatic heterocycles. The van der Waals surface area contributed by atoms with Gasteiger partial charge in [0, 0.05) is 10.6 Å². The van der Waals surface area contributed by atoms with E-state index in [4.69, 9.17) is 5.11 Å². The molecule has 0 amide bonds. The molecule has 0 atom stereocenters. The molecule has 0 aliphatic carbocycles. The Morgan fingerprint density at radius 3 is 2.61 bits per heavy atom. The quantitative estimate of drug-likeness (QED) is 0.857. The number of nitrogens with zero attached hydrogens (tertiary/aromatic N) is 2. The monoisotopic (exact) mass is 353 g/mol. The zero-order valence-electron chi connectivity index (χ0n) is 12.3. The third-order valence-electron chi connectivity index (χ3n) is 3.49. The van der Waals surface area contributed by atoms with Crippen LogP contribution in [0.25, 0.3) is 0 Å². The van der Waals surface area contributed by atoms with E-state index in [2.05, 4.69) is 9.71 Å². The lowest BCUT2D eigenvalue weighted by molar-refractivity contribution is 0.0697. The van der Waals surface area contributed by atoms with Crippen molar-refractivity contribution >= 4 is 33.2 Å². The average Bonchev–Trinajstić information content (AvgIpc) is 3.05. The average molecular weight is 353 g/mol. The van der Waals surface area contributed by atoms with E-state index in [0.29, 0.717) is 12.2 Å². The van der Waals surface area contributed by atoms with Gasteiger partial charge in [-0.05, 0) is 30.7 Å². The first-order valence-electron chi connectivity index (χ1n) is 6.97. The first-order valence-corrected chi connectivity index (χ1v) is 9.23. The van der Waals surface area contributed by atoms with Gasteiger partial charge in [0.1, 0.15) is 0 Å². The summed E-state index contributed by atoms with van der Waals surface area (Å²) in [6.07, 6.45) is 0.846. The number of fused-ring (bicyclic) bond motifs is 1. The van der Waals surface area contributed by atoms with Gasteiger partial charge in [-0.3, -0.25) is 4.72 Å². The van der Waals surface area contributed by atoms with Crippen LogP contribution in [0.2, 0.25) is 0 Å². The van der Waals surface area contributed by atoms with Gasteiger partial charge in [0.25, 0.3) is 0 Å². The molecule has 7 nitrogen and oxygen atoms in total. The summed E-state index contributed by atoms with van der Waals surface area (Å²) >= 11 is 1.54.